The van der Waals surface area contributed by atoms with Crippen LogP contribution in [0.3, 0.4) is 0 Å². The number of non-ortho nitro benzene ring substituents is 1. The van der Waals surface area contributed by atoms with Gasteiger partial charge in [0.2, 0.25) is 0 Å². The van der Waals surface area contributed by atoms with Gasteiger partial charge in [-0.05, 0) is 25.0 Å². The maximum atomic E-state index is 13.0. The summed E-state index contributed by atoms with van der Waals surface area (Å²) in [6, 6.07) is 9.24. The van der Waals surface area contributed by atoms with E-state index in [1.165, 1.54) is 43.3 Å². The molecule has 0 bridgehead atoms. The summed E-state index contributed by atoms with van der Waals surface area (Å²) in [7, 11) is 0. The van der Waals surface area contributed by atoms with Gasteiger partial charge in [0, 0.05) is 23.8 Å². The number of nitrogens with zero attached hydrogens (tertiary/aromatic N) is 3. The van der Waals surface area contributed by atoms with Gasteiger partial charge < -0.3 is 5.32 Å². The molecule has 0 spiro atoms. The lowest BCUT2D eigenvalue weighted by molar-refractivity contribution is -0.385. The van der Waals surface area contributed by atoms with Crippen LogP contribution in [0.5, 0.6) is 0 Å². The second-order valence-corrected chi connectivity index (χ2v) is 6.57. The van der Waals surface area contributed by atoms with Gasteiger partial charge in [-0.15, -0.1) is 0 Å². The van der Waals surface area contributed by atoms with Crippen molar-refractivity contribution in [2.45, 2.75) is 25.9 Å². The highest BCUT2D eigenvalue weighted by Crippen LogP contribution is 2.32. The molecule has 0 saturated carbocycles. The zero-order valence-corrected chi connectivity index (χ0v) is 15.0. The van der Waals surface area contributed by atoms with Crippen LogP contribution in [0.1, 0.15) is 23.6 Å². The Morgan fingerprint density at radius 1 is 1.07 bits per heavy atom. The van der Waals surface area contributed by atoms with Crippen LogP contribution in [0.4, 0.5) is 16.2 Å². The van der Waals surface area contributed by atoms with Gasteiger partial charge in [-0.1, -0.05) is 24.3 Å². The van der Waals surface area contributed by atoms with Crippen LogP contribution in [0.15, 0.2) is 42.5 Å². The van der Waals surface area contributed by atoms with E-state index >= 15 is 0 Å². The third-order valence-electron chi connectivity index (χ3n) is 4.85. The van der Waals surface area contributed by atoms with Crippen molar-refractivity contribution in [3.05, 3.63) is 79.4 Å². The van der Waals surface area contributed by atoms with Crippen LogP contribution in [-0.2, 0) is 16.9 Å². The molecule has 3 rings (SSSR count). The van der Waals surface area contributed by atoms with E-state index in [9.17, 15) is 29.8 Å². The predicted octanol–water partition coefficient (Wildman–Crippen LogP) is 2.78. The van der Waals surface area contributed by atoms with Gasteiger partial charge in [0.25, 0.3) is 17.3 Å². The highest BCUT2D eigenvalue weighted by Gasteiger charge is 2.49. The number of rotatable bonds is 5. The molecule has 1 aliphatic rings. The molecule has 0 radical (unpaired) electrons. The molecule has 1 atom stereocenters. The van der Waals surface area contributed by atoms with Crippen LogP contribution in [-0.4, -0.2) is 26.7 Å². The number of carbonyl (C=O) groups excluding carboxylic acids is 2. The first-order valence-corrected chi connectivity index (χ1v) is 8.27. The fourth-order valence-corrected chi connectivity index (χ4v) is 3.18. The largest absolute Gasteiger partial charge is 0.325 e. The Balaban J connectivity index is 1.94. The Hall–Kier alpha value is -3.82. The van der Waals surface area contributed by atoms with Gasteiger partial charge in [0.1, 0.15) is 5.54 Å². The lowest BCUT2D eigenvalue weighted by Gasteiger charge is -2.22. The number of nitrogens with one attached hydrogen (secondary N) is 1. The van der Waals surface area contributed by atoms with E-state index in [0.717, 1.165) is 4.90 Å². The molecule has 0 aliphatic carbocycles. The minimum absolute atomic E-state index is 0.106. The molecule has 1 heterocycles. The maximum Gasteiger partial charge on any atom is 0.325 e. The monoisotopic (exact) mass is 384 g/mol. The van der Waals surface area contributed by atoms with Gasteiger partial charge in [0.05, 0.1) is 16.4 Å². The average Bonchev–Trinajstić information content (AvgIpc) is 2.87. The molecular weight excluding hydrogens is 368 g/mol. The number of imide groups is 1. The number of nitro benzene ring substituents is 2. The van der Waals surface area contributed by atoms with Gasteiger partial charge in [0.15, 0.2) is 0 Å². The zero-order valence-electron chi connectivity index (χ0n) is 15.0. The maximum absolute atomic E-state index is 13.0. The van der Waals surface area contributed by atoms with Crippen LogP contribution in [0.2, 0.25) is 0 Å². The number of hydrogen-bond acceptors (Lipinski definition) is 6. The summed E-state index contributed by atoms with van der Waals surface area (Å²) in [4.78, 5) is 47.4. The van der Waals surface area contributed by atoms with E-state index < -0.39 is 27.3 Å². The quantitative estimate of drug-likeness (QED) is 0.478. The van der Waals surface area contributed by atoms with Crippen LogP contribution in [0.25, 0.3) is 0 Å². The highest BCUT2D eigenvalue weighted by atomic mass is 16.6. The van der Waals surface area contributed by atoms with Crippen molar-refractivity contribution in [1.29, 1.82) is 0 Å². The van der Waals surface area contributed by atoms with Gasteiger partial charge in [-0.25, -0.2) is 4.79 Å². The van der Waals surface area contributed by atoms with Crippen LogP contribution >= 0.6 is 0 Å². The summed E-state index contributed by atoms with van der Waals surface area (Å²) in [5, 5.41) is 24.7. The van der Waals surface area contributed by atoms with Crippen molar-refractivity contribution in [3.63, 3.8) is 0 Å². The summed E-state index contributed by atoms with van der Waals surface area (Å²) >= 11 is 0. The standard InChI is InChI=1S/C18H16N4O6/c1-11-12(5-3-8-15(11)22(27)28)10-20-16(23)18(2,19-17(20)24)13-6-4-7-14(9-13)21(25)26/h3-9H,10H2,1-2H3,(H,19,24). The van der Waals surface area contributed by atoms with E-state index in [1.54, 1.807) is 13.0 Å². The zero-order chi connectivity index (χ0) is 20.6. The SMILES string of the molecule is Cc1c(CN2C(=O)NC(C)(c3cccc([N+](=O)[O-])c3)C2=O)cccc1[N+](=O)[O-]. The second kappa shape index (κ2) is 6.72. The second-order valence-electron chi connectivity index (χ2n) is 6.57. The lowest BCUT2D eigenvalue weighted by atomic mass is 9.91. The van der Waals surface area contributed by atoms with E-state index in [-0.39, 0.29) is 23.5 Å². The summed E-state index contributed by atoms with van der Waals surface area (Å²) in [5.41, 5.74) is -0.686. The molecule has 1 unspecified atom stereocenters. The van der Waals surface area contributed by atoms with Crippen molar-refractivity contribution >= 4 is 23.3 Å². The number of carbonyl (C=O) groups is 2. The lowest BCUT2D eigenvalue weighted by Crippen LogP contribution is -2.40. The van der Waals surface area contributed by atoms with Crippen molar-refractivity contribution in [2.75, 3.05) is 0 Å². The summed E-state index contributed by atoms with van der Waals surface area (Å²) < 4.78 is 0. The molecule has 28 heavy (non-hydrogen) atoms. The molecule has 2 aromatic carbocycles. The molecule has 1 fully saturated rings. The minimum Gasteiger partial charge on any atom is -0.319 e. The van der Waals surface area contributed by atoms with E-state index in [0.29, 0.717) is 11.1 Å². The molecule has 2 aromatic rings. The Morgan fingerprint density at radius 3 is 2.39 bits per heavy atom. The Labute approximate surface area is 159 Å². The first kappa shape index (κ1) is 19.0. The molecule has 1 saturated heterocycles. The van der Waals surface area contributed by atoms with Gasteiger partial charge >= 0.3 is 6.03 Å². The fourth-order valence-electron chi connectivity index (χ4n) is 3.18. The molecule has 144 valence electrons. The highest BCUT2D eigenvalue weighted by molar-refractivity contribution is 6.07. The van der Waals surface area contributed by atoms with Crippen molar-refractivity contribution in [1.82, 2.24) is 10.2 Å². The first-order chi connectivity index (χ1) is 13.1. The third kappa shape index (κ3) is 3.04. The minimum atomic E-state index is -1.47. The normalized spacial score (nSPS) is 18.9. The third-order valence-corrected chi connectivity index (χ3v) is 4.85. The number of benzene rings is 2. The Morgan fingerprint density at radius 2 is 1.75 bits per heavy atom. The Kier molecular flexibility index (Phi) is 4.55. The number of urea groups is 1. The molecule has 0 aromatic heterocycles. The van der Waals surface area contributed by atoms with Crippen molar-refractivity contribution in [2.24, 2.45) is 0 Å². The van der Waals surface area contributed by atoms with Crippen LogP contribution in [0, 0.1) is 27.2 Å². The van der Waals surface area contributed by atoms with Gasteiger partial charge in [-0.3, -0.25) is 29.9 Å². The van der Waals surface area contributed by atoms with Crippen molar-refractivity contribution in [3.8, 4) is 0 Å². The number of amides is 3. The molecule has 1 aliphatic heterocycles. The summed E-state index contributed by atoms with van der Waals surface area (Å²) in [6.07, 6.45) is 0. The van der Waals surface area contributed by atoms with Crippen LogP contribution < -0.4 is 5.32 Å². The van der Waals surface area contributed by atoms with Crippen molar-refractivity contribution < 1.29 is 19.4 Å². The predicted molar refractivity (Wildman–Crippen MR) is 97.4 cm³/mol. The number of nitro groups is 2. The molecule has 10 heteroatoms. The van der Waals surface area contributed by atoms with E-state index in [4.69, 9.17) is 0 Å². The van der Waals surface area contributed by atoms with Gasteiger partial charge in [-0.2, -0.15) is 0 Å². The smallest absolute Gasteiger partial charge is 0.319 e. The average molecular weight is 384 g/mol. The van der Waals surface area contributed by atoms with E-state index in [1.807, 2.05) is 0 Å². The molecule has 3 amide bonds. The topological polar surface area (TPSA) is 136 Å². The summed E-state index contributed by atoms with van der Waals surface area (Å²) in [5.74, 6) is -0.594. The number of hydrogen-bond donors (Lipinski definition) is 1. The Bertz CT molecular complexity index is 1020. The fraction of sp³-hybridized carbons (Fsp3) is 0.222. The molecular formula is C18H16N4O6. The summed E-state index contributed by atoms with van der Waals surface area (Å²) in [6.45, 7) is 2.86. The molecule has 10 nitrogen and oxygen atoms in total. The first-order valence-electron chi connectivity index (χ1n) is 8.27. The molecule has 1 N–H and O–H groups in total. The van der Waals surface area contributed by atoms with E-state index in [2.05, 4.69) is 5.32 Å².